The van der Waals surface area contributed by atoms with E-state index in [1.807, 2.05) is 26.0 Å². The van der Waals surface area contributed by atoms with Crippen LogP contribution in [0, 0.1) is 19.8 Å². The standard InChI is InChI=1S/C18H24N2O4/c1-6-24-17(22)10-19-14-7-12(4)13(5)8-15(14)20(9-16(19)21)18(23)11(2)3/h7-8,11H,6,9-10H2,1-5H3. The van der Waals surface area contributed by atoms with Crippen molar-refractivity contribution in [2.24, 2.45) is 5.92 Å². The number of hydrogen-bond donors (Lipinski definition) is 0. The maximum absolute atomic E-state index is 12.6. The molecule has 2 amide bonds. The van der Waals surface area contributed by atoms with Crippen LogP contribution in [0.3, 0.4) is 0 Å². The minimum atomic E-state index is -0.460. The molecule has 130 valence electrons. The highest BCUT2D eigenvalue weighted by atomic mass is 16.5. The minimum Gasteiger partial charge on any atom is -0.465 e. The van der Waals surface area contributed by atoms with E-state index in [9.17, 15) is 14.4 Å². The van der Waals surface area contributed by atoms with E-state index in [0.29, 0.717) is 11.4 Å². The molecule has 1 aromatic carbocycles. The maximum Gasteiger partial charge on any atom is 0.326 e. The van der Waals surface area contributed by atoms with E-state index in [4.69, 9.17) is 4.74 Å². The summed E-state index contributed by atoms with van der Waals surface area (Å²) in [5, 5.41) is 0. The van der Waals surface area contributed by atoms with Crippen molar-refractivity contribution in [3.8, 4) is 0 Å². The average Bonchev–Trinajstić information content (AvgIpc) is 2.51. The molecule has 1 heterocycles. The van der Waals surface area contributed by atoms with E-state index in [-0.39, 0.29) is 37.4 Å². The quantitative estimate of drug-likeness (QED) is 0.793. The van der Waals surface area contributed by atoms with Gasteiger partial charge < -0.3 is 9.64 Å². The molecule has 0 N–H and O–H groups in total. The van der Waals surface area contributed by atoms with E-state index in [0.717, 1.165) is 11.1 Å². The number of ether oxygens (including phenoxy) is 1. The lowest BCUT2D eigenvalue weighted by Crippen LogP contribution is -2.50. The first-order valence-electron chi connectivity index (χ1n) is 8.14. The van der Waals surface area contributed by atoms with Crippen molar-refractivity contribution in [3.05, 3.63) is 23.3 Å². The lowest BCUT2D eigenvalue weighted by Gasteiger charge is -2.37. The van der Waals surface area contributed by atoms with Crippen molar-refractivity contribution < 1.29 is 19.1 Å². The zero-order valence-electron chi connectivity index (χ0n) is 14.9. The molecule has 6 heteroatoms. The van der Waals surface area contributed by atoms with Gasteiger partial charge in [0.25, 0.3) is 0 Å². The number of nitrogens with zero attached hydrogens (tertiary/aromatic N) is 2. The lowest BCUT2D eigenvalue weighted by molar-refractivity contribution is -0.142. The third-order valence-corrected chi connectivity index (χ3v) is 4.12. The Kier molecular flexibility index (Phi) is 5.26. The van der Waals surface area contributed by atoms with Gasteiger partial charge in [-0.15, -0.1) is 0 Å². The Hall–Kier alpha value is -2.37. The van der Waals surface area contributed by atoms with Gasteiger partial charge in [0.2, 0.25) is 11.8 Å². The summed E-state index contributed by atoms with van der Waals surface area (Å²) in [5.74, 6) is -1.07. The molecular formula is C18H24N2O4. The fourth-order valence-electron chi connectivity index (χ4n) is 2.68. The Bertz CT molecular complexity index is 682. The summed E-state index contributed by atoms with van der Waals surface area (Å²) >= 11 is 0. The molecule has 0 aromatic heterocycles. The van der Waals surface area contributed by atoms with E-state index in [1.165, 1.54) is 9.80 Å². The number of esters is 1. The summed E-state index contributed by atoms with van der Waals surface area (Å²) in [6.45, 7) is 9.28. The van der Waals surface area contributed by atoms with Gasteiger partial charge in [0.05, 0.1) is 18.0 Å². The molecule has 1 aliphatic rings. The number of benzene rings is 1. The van der Waals surface area contributed by atoms with Crippen molar-refractivity contribution >= 4 is 29.2 Å². The lowest BCUT2D eigenvalue weighted by atomic mass is 10.0. The summed E-state index contributed by atoms with van der Waals surface area (Å²) in [5.41, 5.74) is 3.27. The summed E-state index contributed by atoms with van der Waals surface area (Å²) in [6.07, 6.45) is 0. The predicted octanol–water partition coefficient (Wildman–Crippen LogP) is 2.20. The SMILES string of the molecule is CCOC(=O)CN1C(=O)CN(C(=O)C(C)C)c2cc(C)c(C)cc21. The van der Waals surface area contributed by atoms with Crippen LogP contribution < -0.4 is 9.80 Å². The second kappa shape index (κ2) is 7.03. The highest BCUT2D eigenvalue weighted by Gasteiger charge is 2.34. The molecule has 1 aliphatic heterocycles. The fourth-order valence-corrected chi connectivity index (χ4v) is 2.68. The third kappa shape index (κ3) is 3.42. The molecule has 0 spiro atoms. The Morgan fingerprint density at radius 2 is 1.75 bits per heavy atom. The molecule has 24 heavy (non-hydrogen) atoms. The summed E-state index contributed by atoms with van der Waals surface area (Å²) in [4.78, 5) is 39.8. The zero-order chi connectivity index (χ0) is 18.0. The number of aryl methyl sites for hydroxylation is 2. The first kappa shape index (κ1) is 18.0. The molecule has 0 fully saturated rings. The van der Waals surface area contributed by atoms with Gasteiger partial charge >= 0.3 is 5.97 Å². The van der Waals surface area contributed by atoms with E-state index >= 15 is 0 Å². The molecule has 1 aromatic rings. The third-order valence-electron chi connectivity index (χ3n) is 4.12. The molecule has 0 aliphatic carbocycles. The fraction of sp³-hybridized carbons (Fsp3) is 0.500. The van der Waals surface area contributed by atoms with Gasteiger partial charge in [-0.05, 0) is 44.0 Å². The Labute approximate surface area is 142 Å². The highest BCUT2D eigenvalue weighted by molar-refractivity contribution is 6.13. The molecule has 0 atom stereocenters. The van der Waals surface area contributed by atoms with E-state index in [2.05, 4.69) is 0 Å². The number of carbonyl (C=O) groups is 3. The molecule has 0 radical (unpaired) electrons. The Balaban J connectivity index is 2.49. The van der Waals surface area contributed by atoms with Crippen molar-refractivity contribution in [2.45, 2.75) is 34.6 Å². The van der Waals surface area contributed by atoms with Crippen LogP contribution >= 0.6 is 0 Å². The number of fused-ring (bicyclic) bond motifs is 1. The van der Waals surface area contributed by atoms with Crippen molar-refractivity contribution in [1.29, 1.82) is 0 Å². The first-order valence-corrected chi connectivity index (χ1v) is 8.14. The predicted molar refractivity (Wildman–Crippen MR) is 92.1 cm³/mol. The van der Waals surface area contributed by atoms with Gasteiger partial charge in [-0.25, -0.2) is 0 Å². The molecule has 0 unspecified atom stereocenters. The van der Waals surface area contributed by atoms with Crippen LogP contribution in [0.5, 0.6) is 0 Å². The topological polar surface area (TPSA) is 66.9 Å². The van der Waals surface area contributed by atoms with Crippen LogP contribution in [0.1, 0.15) is 31.9 Å². The first-order chi connectivity index (χ1) is 11.3. The van der Waals surface area contributed by atoms with Crippen LogP contribution in [0.4, 0.5) is 11.4 Å². The largest absolute Gasteiger partial charge is 0.465 e. The van der Waals surface area contributed by atoms with Crippen molar-refractivity contribution in [3.63, 3.8) is 0 Å². The van der Waals surface area contributed by atoms with Gasteiger partial charge in [0, 0.05) is 5.92 Å². The van der Waals surface area contributed by atoms with Crippen molar-refractivity contribution in [2.75, 3.05) is 29.5 Å². The number of rotatable bonds is 4. The smallest absolute Gasteiger partial charge is 0.326 e. The summed E-state index contributed by atoms with van der Waals surface area (Å²) < 4.78 is 4.96. The van der Waals surface area contributed by atoms with Crippen LogP contribution in [0.25, 0.3) is 0 Å². The molecule has 0 saturated carbocycles. The summed E-state index contributed by atoms with van der Waals surface area (Å²) in [7, 11) is 0. The minimum absolute atomic E-state index is 0.0636. The summed E-state index contributed by atoms with van der Waals surface area (Å²) in [6, 6.07) is 3.75. The average molecular weight is 332 g/mol. The van der Waals surface area contributed by atoms with Crippen LogP contribution in [-0.4, -0.2) is 37.5 Å². The molecule has 0 saturated heterocycles. The van der Waals surface area contributed by atoms with E-state index < -0.39 is 5.97 Å². The van der Waals surface area contributed by atoms with Crippen LogP contribution in [0.2, 0.25) is 0 Å². The second-order valence-electron chi connectivity index (χ2n) is 6.29. The number of anilines is 2. The van der Waals surface area contributed by atoms with Gasteiger partial charge in [-0.3, -0.25) is 19.3 Å². The number of carbonyl (C=O) groups excluding carboxylic acids is 3. The van der Waals surface area contributed by atoms with Gasteiger partial charge in [0.15, 0.2) is 0 Å². The molecule has 6 nitrogen and oxygen atoms in total. The molecule has 0 bridgehead atoms. The highest BCUT2D eigenvalue weighted by Crippen LogP contribution is 2.36. The molecular weight excluding hydrogens is 308 g/mol. The normalized spacial score (nSPS) is 14.0. The second-order valence-corrected chi connectivity index (χ2v) is 6.29. The van der Waals surface area contributed by atoms with Gasteiger partial charge in [-0.1, -0.05) is 13.8 Å². The number of amides is 2. The van der Waals surface area contributed by atoms with Gasteiger partial charge in [-0.2, -0.15) is 0 Å². The Morgan fingerprint density at radius 1 is 1.17 bits per heavy atom. The monoisotopic (exact) mass is 332 g/mol. The number of hydrogen-bond acceptors (Lipinski definition) is 4. The molecule has 2 rings (SSSR count). The van der Waals surface area contributed by atoms with Crippen LogP contribution in [0.15, 0.2) is 12.1 Å². The van der Waals surface area contributed by atoms with E-state index in [1.54, 1.807) is 20.8 Å². The van der Waals surface area contributed by atoms with Crippen molar-refractivity contribution in [1.82, 2.24) is 0 Å². The zero-order valence-corrected chi connectivity index (χ0v) is 14.9. The maximum atomic E-state index is 12.6. The Morgan fingerprint density at radius 3 is 2.29 bits per heavy atom. The van der Waals surface area contributed by atoms with Gasteiger partial charge in [0.1, 0.15) is 13.1 Å². The van der Waals surface area contributed by atoms with Crippen LogP contribution in [-0.2, 0) is 19.1 Å².